The lowest BCUT2D eigenvalue weighted by molar-refractivity contribution is -0.0104. The average Bonchev–Trinajstić information content (AvgIpc) is 2.93. The van der Waals surface area contributed by atoms with E-state index in [-0.39, 0.29) is 12.1 Å². The fourth-order valence-corrected chi connectivity index (χ4v) is 4.06. The Kier molecular flexibility index (Phi) is 5.28. The first-order chi connectivity index (χ1) is 12.2. The summed E-state index contributed by atoms with van der Waals surface area (Å²) in [5, 5.41) is 8.76. The lowest BCUT2D eigenvalue weighted by atomic mass is 9.94. The van der Waals surface area contributed by atoms with E-state index in [1.807, 2.05) is 34.1 Å². The number of piperidine rings is 1. The van der Waals surface area contributed by atoms with Gasteiger partial charge in [0.25, 0.3) is 0 Å². The number of nitrogens with zero attached hydrogens (tertiary/aromatic N) is 5. The summed E-state index contributed by atoms with van der Waals surface area (Å²) in [6.45, 7) is 5.47. The number of carbonyl (C=O) groups excluding carboxylic acids is 1. The van der Waals surface area contributed by atoms with Gasteiger partial charge in [-0.05, 0) is 46.3 Å². The molecule has 144 valence electrons. The molecule has 4 atom stereocenters. The highest BCUT2D eigenvalue weighted by atomic mass is 32.2. The van der Waals surface area contributed by atoms with Gasteiger partial charge >= 0.3 is 6.09 Å². The van der Waals surface area contributed by atoms with E-state index in [0.717, 1.165) is 6.42 Å². The number of ether oxygens (including phenoxy) is 1. The largest absolute Gasteiger partial charge is 0.444 e. The maximum atomic E-state index is 15.3. The Morgan fingerprint density at radius 3 is 2.69 bits per heavy atom. The second kappa shape index (κ2) is 7.17. The van der Waals surface area contributed by atoms with Gasteiger partial charge in [0.15, 0.2) is 5.82 Å². The van der Waals surface area contributed by atoms with Gasteiger partial charge in [-0.3, -0.25) is 4.90 Å². The molecule has 2 bridgehead atoms. The Labute approximate surface area is 157 Å². The molecule has 3 rings (SSSR count). The van der Waals surface area contributed by atoms with Crippen LogP contribution in [-0.2, 0) is 4.74 Å². The van der Waals surface area contributed by atoms with Crippen molar-refractivity contribution in [2.45, 2.75) is 75.1 Å². The summed E-state index contributed by atoms with van der Waals surface area (Å²) in [4.78, 5) is 20.2. The SMILES string of the molecule is CSc1ncc(N(C)[C@@H]2C[C@H]3CC[C@@H]([C@@H]2F)N3C(=O)OC(C)(C)C)nn1. The van der Waals surface area contributed by atoms with Gasteiger partial charge in [0, 0.05) is 13.1 Å². The third-order valence-electron chi connectivity index (χ3n) is 4.97. The van der Waals surface area contributed by atoms with Gasteiger partial charge in [-0.2, -0.15) is 0 Å². The van der Waals surface area contributed by atoms with E-state index < -0.39 is 23.9 Å². The number of fused-ring (bicyclic) bond motifs is 2. The quantitative estimate of drug-likeness (QED) is 0.743. The van der Waals surface area contributed by atoms with E-state index in [1.165, 1.54) is 11.8 Å². The Balaban J connectivity index is 1.74. The van der Waals surface area contributed by atoms with Gasteiger partial charge in [0.2, 0.25) is 5.16 Å². The molecule has 3 heterocycles. The predicted octanol–water partition coefficient (Wildman–Crippen LogP) is 2.91. The molecule has 0 aromatic carbocycles. The van der Waals surface area contributed by atoms with Crippen molar-refractivity contribution in [2.24, 2.45) is 0 Å². The molecule has 2 saturated heterocycles. The molecule has 1 amide bonds. The summed E-state index contributed by atoms with van der Waals surface area (Å²) in [6.07, 6.45) is 3.90. The number of amides is 1. The Hall–Kier alpha value is -1.64. The first-order valence-electron chi connectivity index (χ1n) is 8.83. The number of halogens is 1. The lowest BCUT2D eigenvalue weighted by Crippen LogP contribution is -2.59. The molecule has 7 nitrogen and oxygen atoms in total. The van der Waals surface area contributed by atoms with Crippen molar-refractivity contribution in [1.29, 1.82) is 0 Å². The summed E-state index contributed by atoms with van der Waals surface area (Å²) in [5.41, 5.74) is -0.587. The number of rotatable bonds is 3. The van der Waals surface area contributed by atoms with Crippen LogP contribution in [0.25, 0.3) is 0 Å². The van der Waals surface area contributed by atoms with Crippen LogP contribution in [-0.4, -0.2) is 69.4 Å². The highest BCUT2D eigenvalue weighted by molar-refractivity contribution is 7.98. The summed E-state index contributed by atoms with van der Waals surface area (Å²) in [5.74, 6) is 0.542. The molecule has 2 aliphatic rings. The second-order valence-corrected chi connectivity index (χ2v) is 8.62. The molecule has 0 spiro atoms. The zero-order chi connectivity index (χ0) is 19.1. The van der Waals surface area contributed by atoms with Gasteiger partial charge in [-0.1, -0.05) is 11.8 Å². The van der Waals surface area contributed by atoms with Crippen molar-refractivity contribution < 1.29 is 13.9 Å². The number of alkyl halides is 1. The molecule has 9 heteroatoms. The summed E-state index contributed by atoms with van der Waals surface area (Å²) in [7, 11) is 1.81. The van der Waals surface area contributed by atoms with E-state index in [0.29, 0.717) is 23.8 Å². The van der Waals surface area contributed by atoms with Crippen molar-refractivity contribution in [3.05, 3.63) is 6.20 Å². The Morgan fingerprint density at radius 1 is 1.38 bits per heavy atom. The zero-order valence-corrected chi connectivity index (χ0v) is 16.7. The minimum Gasteiger partial charge on any atom is -0.444 e. The van der Waals surface area contributed by atoms with Crippen LogP contribution < -0.4 is 4.90 Å². The molecule has 26 heavy (non-hydrogen) atoms. The van der Waals surface area contributed by atoms with Gasteiger partial charge in [-0.15, -0.1) is 10.2 Å². The molecule has 0 unspecified atom stereocenters. The number of thioether (sulfide) groups is 1. The van der Waals surface area contributed by atoms with E-state index in [9.17, 15) is 4.79 Å². The van der Waals surface area contributed by atoms with Crippen LogP contribution in [0.5, 0.6) is 0 Å². The van der Waals surface area contributed by atoms with Crippen molar-refractivity contribution in [1.82, 2.24) is 20.1 Å². The first-order valence-corrected chi connectivity index (χ1v) is 10.1. The number of aromatic nitrogens is 3. The zero-order valence-electron chi connectivity index (χ0n) is 15.8. The normalized spacial score (nSPS) is 28.2. The highest BCUT2D eigenvalue weighted by Gasteiger charge is 2.52. The van der Waals surface area contributed by atoms with Gasteiger partial charge in [-0.25, -0.2) is 14.2 Å². The van der Waals surface area contributed by atoms with Crippen molar-refractivity contribution in [3.8, 4) is 0 Å². The first kappa shape index (κ1) is 19.1. The standard InChI is InChI=1S/C17H26FN5O2S/c1-17(2,3)25-16(24)23-10-6-7-11(23)14(18)12(8-10)22(4)13-9-19-15(26-5)21-20-13/h9-12,14H,6-8H2,1-5H3/t10-,11+,12-,14+/m1/s1. The number of hydrogen-bond donors (Lipinski definition) is 0. The lowest BCUT2D eigenvalue weighted by Gasteiger charge is -2.44. The van der Waals surface area contributed by atoms with E-state index in [1.54, 1.807) is 16.0 Å². The molecule has 0 radical (unpaired) electrons. The van der Waals surface area contributed by atoms with Gasteiger partial charge < -0.3 is 9.64 Å². The third-order valence-corrected chi connectivity index (χ3v) is 5.52. The maximum Gasteiger partial charge on any atom is 0.410 e. The molecule has 1 aromatic rings. The molecule has 0 N–H and O–H groups in total. The topological polar surface area (TPSA) is 71.5 Å². The van der Waals surface area contributed by atoms with E-state index >= 15 is 4.39 Å². The summed E-state index contributed by atoms with van der Waals surface area (Å²) in [6, 6.07) is -0.828. The predicted molar refractivity (Wildman–Crippen MR) is 98.2 cm³/mol. The Bertz CT molecular complexity index is 654. The summed E-state index contributed by atoms with van der Waals surface area (Å²) < 4.78 is 20.8. The second-order valence-electron chi connectivity index (χ2n) is 7.85. The molecular weight excluding hydrogens is 357 g/mol. The average molecular weight is 383 g/mol. The molecular formula is C17H26FN5O2S. The van der Waals surface area contributed by atoms with Crippen molar-refractivity contribution >= 4 is 23.7 Å². The molecule has 0 saturated carbocycles. The number of hydrogen-bond acceptors (Lipinski definition) is 7. The fraction of sp³-hybridized carbons (Fsp3) is 0.765. The van der Waals surface area contributed by atoms with Crippen molar-refractivity contribution in [3.63, 3.8) is 0 Å². The number of anilines is 1. The number of carbonyl (C=O) groups is 1. The Morgan fingerprint density at radius 2 is 2.12 bits per heavy atom. The van der Waals surface area contributed by atoms with Gasteiger partial charge in [0.05, 0.1) is 18.3 Å². The smallest absolute Gasteiger partial charge is 0.410 e. The van der Waals surface area contributed by atoms with Crippen molar-refractivity contribution in [2.75, 3.05) is 18.2 Å². The van der Waals surface area contributed by atoms with E-state index in [4.69, 9.17) is 4.74 Å². The van der Waals surface area contributed by atoms with E-state index in [2.05, 4.69) is 15.2 Å². The van der Waals surface area contributed by atoms with Crippen LogP contribution in [0.1, 0.15) is 40.0 Å². The molecule has 0 aliphatic carbocycles. The van der Waals surface area contributed by atoms with Crippen LogP contribution in [0.4, 0.5) is 15.0 Å². The highest BCUT2D eigenvalue weighted by Crippen LogP contribution is 2.40. The van der Waals surface area contributed by atoms with Crippen LogP contribution in [0.3, 0.4) is 0 Å². The minimum absolute atomic E-state index is 0.0133. The summed E-state index contributed by atoms with van der Waals surface area (Å²) >= 11 is 1.41. The van der Waals surface area contributed by atoms with Crippen LogP contribution in [0.15, 0.2) is 11.4 Å². The van der Waals surface area contributed by atoms with Crippen LogP contribution >= 0.6 is 11.8 Å². The molecule has 2 fully saturated rings. The molecule has 2 aliphatic heterocycles. The third kappa shape index (κ3) is 3.72. The van der Waals surface area contributed by atoms with Crippen LogP contribution in [0.2, 0.25) is 0 Å². The minimum atomic E-state index is -1.17. The van der Waals surface area contributed by atoms with Crippen LogP contribution in [0, 0.1) is 0 Å². The molecule has 1 aromatic heterocycles. The van der Waals surface area contributed by atoms with Gasteiger partial charge in [0.1, 0.15) is 11.8 Å². The monoisotopic (exact) mass is 383 g/mol. The fourth-order valence-electron chi connectivity index (χ4n) is 3.78. The maximum absolute atomic E-state index is 15.3.